The van der Waals surface area contributed by atoms with Gasteiger partial charge in [0.15, 0.2) is 9.84 Å². The van der Waals surface area contributed by atoms with Crippen LogP contribution in [0.1, 0.15) is 17.5 Å². The zero-order valence-electron chi connectivity index (χ0n) is 13.9. The molecule has 25 heavy (non-hydrogen) atoms. The predicted molar refractivity (Wildman–Crippen MR) is 104 cm³/mol. The third-order valence-corrected chi connectivity index (χ3v) is 7.45. The van der Waals surface area contributed by atoms with Crippen molar-refractivity contribution in [1.82, 2.24) is 0 Å². The van der Waals surface area contributed by atoms with Gasteiger partial charge in [-0.2, -0.15) is 0 Å². The van der Waals surface area contributed by atoms with Crippen LogP contribution in [0.5, 0.6) is 0 Å². The molecule has 1 N–H and O–H groups in total. The average Bonchev–Trinajstić information content (AvgIpc) is 2.95. The van der Waals surface area contributed by atoms with Gasteiger partial charge in [-0.1, -0.05) is 48.5 Å². The maximum absolute atomic E-state index is 12.3. The molecule has 0 spiro atoms. The van der Waals surface area contributed by atoms with Gasteiger partial charge >= 0.3 is 0 Å². The average molecular weight is 376 g/mol. The Morgan fingerprint density at radius 1 is 1.08 bits per heavy atom. The molecule has 2 aromatic carbocycles. The number of rotatable bonds is 6. The Kier molecular flexibility index (Phi) is 5.81. The lowest BCUT2D eigenvalue weighted by Crippen LogP contribution is -2.18. The molecule has 1 amide bonds. The van der Waals surface area contributed by atoms with Gasteiger partial charge in [0.2, 0.25) is 5.91 Å². The Labute approximate surface area is 152 Å². The maximum atomic E-state index is 12.3. The lowest BCUT2D eigenvalue weighted by molar-refractivity contribution is -0.113. The van der Waals surface area contributed by atoms with Gasteiger partial charge in [-0.3, -0.25) is 4.79 Å². The Balaban J connectivity index is 1.58. The summed E-state index contributed by atoms with van der Waals surface area (Å²) in [4.78, 5) is 12.3. The van der Waals surface area contributed by atoms with Crippen LogP contribution in [-0.2, 0) is 21.1 Å². The van der Waals surface area contributed by atoms with Crippen LogP contribution in [0.4, 0.5) is 5.69 Å². The Hall–Kier alpha value is -1.79. The van der Waals surface area contributed by atoms with E-state index in [0.717, 1.165) is 17.7 Å². The third kappa shape index (κ3) is 5.34. The van der Waals surface area contributed by atoms with Crippen LogP contribution in [0.25, 0.3) is 0 Å². The van der Waals surface area contributed by atoms with E-state index in [1.54, 1.807) is 0 Å². The van der Waals surface area contributed by atoms with Gasteiger partial charge < -0.3 is 5.32 Å². The highest BCUT2D eigenvalue weighted by Crippen LogP contribution is 2.25. The standard InChI is InChI=1S/C19H21NO3S2/c21-19(13-24-17-10-11-25(22,23)14-17)20-18-9-5-4-8-16(18)12-15-6-2-1-3-7-15/h1-9,17H,10-14H2,(H,20,21)/t17-/m1/s1. The van der Waals surface area contributed by atoms with Crippen LogP contribution in [0.2, 0.25) is 0 Å². The summed E-state index contributed by atoms with van der Waals surface area (Å²) in [6.07, 6.45) is 1.40. The number of benzene rings is 2. The predicted octanol–water partition coefficient (Wildman–Crippen LogP) is 3.14. The lowest BCUT2D eigenvalue weighted by atomic mass is 10.0. The smallest absolute Gasteiger partial charge is 0.234 e. The largest absolute Gasteiger partial charge is 0.325 e. The normalized spacial score (nSPS) is 18.8. The third-order valence-electron chi connectivity index (χ3n) is 4.17. The molecule has 2 aromatic rings. The molecule has 4 nitrogen and oxygen atoms in total. The summed E-state index contributed by atoms with van der Waals surface area (Å²) in [5, 5.41) is 3.00. The van der Waals surface area contributed by atoms with Crippen LogP contribution in [0, 0.1) is 0 Å². The molecule has 0 bridgehead atoms. The highest BCUT2D eigenvalue weighted by molar-refractivity contribution is 8.02. The summed E-state index contributed by atoms with van der Waals surface area (Å²) in [5.41, 5.74) is 3.07. The molecule has 132 valence electrons. The van der Waals surface area contributed by atoms with Gasteiger partial charge in [-0.05, 0) is 30.0 Å². The maximum Gasteiger partial charge on any atom is 0.234 e. The van der Waals surface area contributed by atoms with Crippen molar-refractivity contribution < 1.29 is 13.2 Å². The summed E-state index contributed by atoms with van der Waals surface area (Å²) in [6, 6.07) is 17.9. The number of thioether (sulfide) groups is 1. The van der Waals surface area contributed by atoms with Gasteiger partial charge in [-0.25, -0.2) is 8.42 Å². The van der Waals surface area contributed by atoms with E-state index in [-0.39, 0.29) is 28.4 Å². The van der Waals surface area contributed by atoms with Crippen LogP contribution >= 0.6 is 11.8 Å². The topological polar surface area (TPSA) is 63.2 Å². The molecule has 1 saturated heterocycles. The second-order valence-corrected chi connectivity index (χ2v) is 9.72. The first kappa shape index (κ1) is 18.0. The van der Waals surface area contributed by atoms with Crippen LogP contribution < -0.4 is 5.32 Å². The van der Waals surface area contributed by atoms with Crippen molar-refractivity contribution in [2.45, 2.75) is 18.1 Å². The van der Waals surface area contributed by atoms with Gasteiger partial charge in [0.25, 0.3) is 0 Å². The molecule has 0 aromatic heterocycles. The molecule has 0 unspecified atom stereocenters. The van der Waals surface area contributed by atoms with Gasteiger partial charge in [0.05, 0.1) is 17.3 Å². The van der Waals surface area contributed by atoms with Gasteiger partial charge in [0.1, 0.15) is 0 Å². The zero-order valence-corrected chi connectivity index (χ0v) is 15.5. The van der Waals surface area contributed by atoms with E-state index in [2.05, 4.69) is 17.4 Å². The van der Waals surface area contributed by atoms with Crippen molar-refractivity contribution in [3.63, 3.8) is 0 Å². The van der Waals surface area contributed by atoms with Crippen molar-refractivity contribution in [2.24, 2.45) is 0 Å². The number of para-hydroxylation sites is 1. The monoisotopic (exact) mass is 375 g/mol. The van der Waals surface area contributed by atoms with E-state index in [9.17, 15) is 13.2 Å². The number of carbonyl (C=O) groups excluding carboxylic acids is 1. The van der Waals surface area contributed by atoms with Gasteiger partial charge in [0, 0.05) is 10.9 Å². The molecule has 1 aliphatic heterocycles. The first-order valence-corrected chi connectivity index (χ1v) is 11.1. The quantitative estimate of drug-likeness (QED) is 0.842. The summed E-state index contributed by atoms with van der Waals surface area (Å²) in [6.45, 7) is 0. The molecular weight excluding hydrogens is 354 g/mol. The molecule has 1 fully saturated rings. The first-order valence-electron chi connectivity index (χ1n) is 8.25. The van der Waals surface area contributed by atoms with E-state index in [0.29, 0.717) is 6.42 Å². The first-order chi connectivity index (χ1) is 12.0. The van der Waals surface area contributed by atoms with E-state index < -0.39 is 9.84 Å². The highest BCUT2D eigenvalue weighted by Gasteiger charge is 2.28. The minimum atomic E-state index is -2.90. The number of sulfone groups is 1. The second kappa shape index (κ2) is 8.06. The molecule has 0 saturated carbocycles. The lowest BCUT2D eigenvalue weighted by Gasteiger charge is -2.12. The number of anilines is 1. The van der Waals surface area contributed by atoms with Crippen molar-refractivity contribution in [2.75, 3.05) is 22.6 Å². The van der Waals surface area contributed by atoms with Gasteiger partial charge in [-0.15, -0.1) is 11.8 Å². The number of hydrogen-bond acceptors (Lipinski definition) is 4. The molecular formula is C19H21NO3S2. The Morgan fingerprint density at radius 2 is 1.80 bits per heavy atom. The number of hydrogen-bond donors (Lipinski definition) is 1. The Morgan fingerprint density at radius 3 is 2.52 bits per heavy atom. The fourth-order valence-corrected chi connectivity index (χ4v) is 6.33. The van der Waals surface area contributed by atoms with Crippen LogP contribution in [0.15, 0.2) is 54.6 Å². The summed E-state index contributed by atoms with van der Waals surface area (Å²) in [7, 11) is -2.90. The van der Waals surface area contributed by atoms with Crippen LogP contribution in [0.3, 0.4) is 0 Å². The molecule has 6 heteroatoms. The fourth-order valence-electron chi connectivity index (χ4n) is 2.88. The van der Waals surface area contributed by atoms with Crippen molar-refractivity contribution in [3.05, 3.63) is 65.7 Å². The molecule has 0 radical (unpaired) electrons. The summed E-state index contributed by atoms with van der Waals surface area (Å²) in [5.74, 6) is 0.622. The minimum Gasteiger partial charge on any atom is -0.325 e. The summed E-state index contributed by atoms with van der Waals surface area (Å²) >= 11 is 1.43. The number of nitrogens with one attached hydrogen (secondary N) is 1. The van der Waals surface area contributed by atoms with E-state index in [1.807, 2.05) is 42.5 Å². The minimum absolute atomic E-state index is 0.0373. The fraction of sp³-hybridized carbons (Fsp3) is 0.316. The zero-order chi connectivity index (χ0) is 17.7. The molecule has 1 aliphatic rings. The molecule has 1 atom stereocenters. The molecule has 1 heterocycles. The van der Waals surface area contributed by atoms with E-state index >= 15 is 0 Å². The molecule has 0 aliphatic carbocycles. The number of amides is 1. The van der Waals surface area contributed by atoms with Crippen LogP contribution in [-0.4, -0.2) is 36.8 Å². The molecule has 3 rings (SSSR count). The SMILES string of the molecule is O=C(CS[C@@H]1CCS(=O)(=O)C1)Nc1ccccc1Cc1ccccc1. The highest BCUT2D eigenvalue weighted by atomic mass is 32.2. The second-order valence-electron chi connectivity index (χ2n) is 6.20. The van der Waals surface area contributed by atoms with E-state index in [4.69, 9.17) is 0 Å². The number of carbonyl (C=O) groups is 1. The van der Waals surface area contributed by atoms with Crippen molar-refractivity contribution >= 4 is 33.2 Å². The van der Waals surface area contributed by atoms with Crippen molar-refractivity contribution in [1.29, 1.82) is 0 Å². The van der Waals surface area contributed by atoms with Crippen molar-refractivity contribution in [3.8, 4) is 0 Å². The Bertz CT molecular complexity index is 835. The summed E-state index contributed by atoms with van der Waals surface area (Å²) < 4.78 is 23.0. The van der Waals surface area contributed by atoms with E-state index in [1.165, 1.54) is 17.3 Å².